The van der Waals surface area contributed by atoms with Gasteiger partial charge in [0.15, 0.2) is 0 Å². The normalized spacial score (nSPS) is 10.1. The number of carboxylic acid groups (broad SMARTS) is 1. The highest BCUT2D eigenvalue weighted by atomic mass is 16.5. The van der Waals surface area contributed by atoms with Gasteiger partial charge in [-0.2, -0.15) is 0 Å². The molecule has 0 spiro atoms. The van der Waals surface area contributed by atoms with Crippen LogP contribution in [0.25, 0.3) is 0 Å². The van der Waals surface area contributed by atoms with Crippen molar-refractivity contribution in [2.75, 3.05) is 26.8 Å². The van der Waals surface area contributed by atoms with E-state index in [1.54, 1.807) is 0 Å². The summed E-state index contributed by atoms with van der Waals surface area (Å²) < 4.78 is 4.82. The third-order valence-electron chi connectivity index (χ3n) is 2.45. The van der Waals surface area contributed by atoms with Crippen LogP contribution in [0.5, 0.6) is 0 Å². The van der Waals surface area contributed by atoms with Crippen LogP contribution in [0.3, 0.4) is 0 Å². The Morgan fingerprint density at radius 2 is 2.10 bits per heavy atom. The first-order chi connectivity index (χ1) is 9.45. The quantitative estimate of drug-likeness (QED) is 0.685. The molecule has 20 heavy (non-hydrogen) atoms. The summed E-state index contributed by atoms with van der Waals surface area (Å²) in [5.41, 5.74) is 5.27. The van der Waals surface area contributed by atoms with Crippen LogP contribution in [0.2, 0.25) is 0 Å². The van der Waals surface area contributed by atoms with Crippen molar-refractivity contribution in [3.63, 3.8) is 0 Å². The van der Waals surface area contributed by atoms with Crippen LogP contribution in [-0.4, -0.2) is 59.6 Å². The van der Waals surface area contributed by atoms with Crippen molar-refractivity contribution < 1.29 is 24.2 Å². The van der Waals surface area contributed by atoms with Gasteiger partial charge in [0.25, 0.3) is 5.91 Å². The number of pyridine rings is 1. The summed E-state index contributed by atoms with van der Waals surface area (Å²) in [6, 6.07) is 2.68. The van der Waals surface area contributed by atoms with E-state index < -0.39 is 24.3 Å². The summed E-state index contributed by atoms with van der Waals surface area (Å²) >= 11 is 0. The van der Waals surface area contributed by atoms with Crippen LogP contribution >= 0.6 is 0 Å². The Hall–Kier alpha value is -2.48. The number of aliphatic carboxylic acids is 1. The minimum absolute atomic E-state index is 0.0346. The van der Waals surface area contributed by atoms with Gasteiger partial charge in [-0.15, -0.1) is 0 Å². The van der Waals surface area contributed by atoms with Gasteiger partial charge < -0.3 is 20.5 Å². The zero-order valence-electron chi connectivity index (χ0n) is 10.9. The van der Waals surface area contributed by atoms with Crippen LogP contribution in [-0.2, 0) is 9.53 Å². The van der Waals surface area contributed by atoms with Gasteiger partial charge in [-0.25, -0.2) is 0 Å². The fourth-order valence-electron chi connectivity index (χ4n) is 1.45. The van der Waals surface area contributed by atoms with E-state index in [2.05, 4.69) is 4.98 Å². The van der Waals surface area contributed by atoms with Gasteiger partial charge in [-0.3, -0.25) is 19.4 Å². The SMILES string of the molecule is COCCN(CC(=O)O)C(=O)c1ccc(C(N)=O)cn1. The number of amides is 2. The van der Waals surface area contributed by atoms with Crippen LogP contribution < -0.4 is 5.73 Å². The molecule has 0 aromatic carbocycles. The average molecular weight is 281 g/mol. The third-order valence-corrected chi connectivity index (χ3v) is 2.45. The maximum Gasteiger partial charge on any atom is 0.323 e. The molecule has 0 aliphatic carbocycles. The molecule has 0 aliphatic rings. The second-order valence-electron chi connectivity index (χ2n) is 3.91. The molecule has 0 aliphatic heterocycles. The highest BCUT2D eigenvalue weighted by molar-refractivity contribution is 5.96. The summed E-state index contributed by atoms with van der Waals surface area (Å²) in [5, 5.41) is 8.78. The number of nitrogens with zero attached hydrogens (tertiary/aromatic N) is 2. The van der Waals surface area contributed by atoms with Crippen LogP contribution in [0, 0.1) is 0 Å². The largest absolute Gasteiger partial charge is 0.480 e. The number of carboxylic acids is 1. The van der Waals surface area contributed by atoms with Gasteiger partial charge in [0, 0.05) is 19.9 Å². The Balaban J connectivity index is 2.87. The molecule has 8 heteroatoms. The standard InChI is InChI=1S/C12H15N3O5/c1-20-5-4-15(7-10(16)17)12(19)9-3-2-8(6-14-9)11(13)18/h2-3,6H,4-5,7H2,1H3,(H2,13,18)(H,16,17). The van der Waals surface area contributed by atoms with E-state index in [1.807, 2.05) is 0 Å². The summed E-state index contributed by atoms with van der Waals surface area (Å²) in [5.74, 6) is -2.35. The van der Waals surface area contributed by atoms with Crippen LogP contribution in [0.1, 0.15) is 20.8 Å². The smallest absolute Gasteiger partial charge is 0.323 e. The lowest BCUT2D eigenvalue weighted by atomic mass is 10.2. The third kappa shape index (κ3) is 4.32. The van der Waals surface area contributed by atoms with Crippen LogP contribution in [0.15, 0.2) is 18.3 Å². The fourth-order valence-corrected chi connectivity index (χ4v) is 1.45. The highest BCUT2D eigenvalue weighted by Gasteiger charge is 2.19. The Morgan fingerprint density at radius 3 is 2.55 bits per heavy atom. The van der Waals surface area contributed by atoms with Crippen molar-refractivity contribution in [3.8, 4) is 0 Å². The number of aromatic nitrogens is 1. The number of ether oxygens (including phenoxy) is 1. The van der Waals surface area contributed by atoms with E-state index in [-0.39, 0.29) is 24.4 Å². The molecule has 2 amide bonds. The van der Waals surface area contributed by atoms with E-state index in [4.69, 9.17) is 15.6 Å². The van der Waals surface area contributed by atoms with E-state index in [9.17, 15) is 14.4 Å². The van der Waals surface area contributed by atoms with E-state index in [1.165, 1.54) is 25.4 Å². The molecular formula is C12H15N3O5. The van der Waals surface area contributed by atoms with Crippen molar-refractivity contribution in [2.45, 2.75) is 0 Å². The number of rotatable bonds is 7. The van der Waals surface area contributed by atoms with Gasteiger partial charge in [-0.1, -0.05) is 0 Å². The molecule has 0 bridgehead atoms. The molecule has 1 rings (SSSR count). The Bertz CT molecular complexity index is 500. The van der Waals surface area contributed by atoms with Gasteiger partial charge in [0.2, 0.25) is 5.91 Å². The second kappa shape index (κ2) is 7.19. The van der Waals surface area contributed by atoms with E-state index in [0.717, 1.165) is 4.90 Å². The second-order valence-corrected chi connectivity index (χ2v) is 3.91. The number of methoxy groups -OCH3 is 1. The summed E-state index contributed by atoms with van der Waals surface area (Å²) in [7, 11) is 1.45. The first kappa shape index (κ1) is 15.6. The van der Waals surface area contributed by atoms with E-state index >= 15 is 0 Å². The molecule has 1 heterocycles. The van der Waals surface area contributed by atoms with Crippen LogP contribution in [0.4, 0.5) is 0 Å². The van der Waals surface area contributed by atoms with Gasteiger partial charge in [-0.05, 0) is 12.1 Å². The van der Waals surface area contributed by atoms with Crippen molar-refractivity contribution in [2.24, 2.45) is 5.73 Å². The summed E-state index contributed by atoms with van der Waals surface area (Å²) in [4.78, 5) is 38.6. The fraction of sp³-hybridized carbons (Fsp3) is 0.333. The van der Waals surface area contributed by atoms with Crippen molar-refractivity contribution in [1.29, 1.82) is 0 Å². The van der Waals surface area contributed by atoms with Gasteiger partial charge in [0.1, 0.15) is 12.2 Å². The average Bonchev–Trinajstić information content (AvgIpc) is 2.42. The zero-order chi connectivity index (χ0) is 15.1. The molecule has 3 N–H and O–H groups in total. The molecule has 1 aromatic heterocycles. The minimum atomic E-state index is -1.14. The number of primary amides is 1. The number of hydrogen-bond donors (Lipinski definition) is 2. The topological polar surface area (TPSA) is 123 Å². The number of carbonyl (C=O) groups is 3. The Morgan fingerprint density at radius 1 is 1.40 bits per heavy atom. The molecule has 0 saturated carbocycles. The number of nitrogens with two attached hydrogens (primary N) is 1. The number of carbonyl (C=O) groups excluding carboxylic acids is 2. The van der Waals surface area contributed by atoms with Crippen molar-refractivity contribution in [3.05, 3.63) is 29.6 Å². The monoisotopic (exact) mass is 281 g/mol. The first-order valence-corrected chi connectivity index (χ1v) is 5.71. The molecule has 0 atom stereocenters. The molecule has 0 fully saturated rings. The molecule has 1 aromatic rings. The lowest BCUT2D eigenvalue weighted by Gasteiger charge is -2.19. The summed E-state index contributed by atoms with van der Waals surface area (Å²) in [6.07, 6.45) is 1.17. The predicted octanol–water partition coefficient (Wildman–Crippen LogP) is -0.646. The lowest BCUT2D eigenvalue weighted by molar-refractivity contribution is -0.137. The highest BCUT2D eigenvalue weighted by Crippen LogP contribution is 2.04. The van der Waals surface area contributed by atoms with E-state index in [0.29, 0.717) is 0 Å². The molecule has 0 saturated heterocycles. The number of hydrogen-bond acceptors (Lipinski definition) is 5. The molecule has 108 valence electrons. The van der Waals surface area contributed by atoms with Gasteiger partial charge in [0.05, 0.1) is 12.2 Å². The predicted molar refractivity (Wildman–Crippen MR) is 68.2 cm³/mol. The molecule has 8 nitrogen and oxygen atoms in total. The maximum atomic E-state index is 12.1. The first-order valence-electron chi connectivity index (χ1n) is 5.71. The van der Waals surface area contributed by atoms with Gasteiger partial charge >= 0.3 is 5.97 Å². The summed E-state index contributed by atoms with van der Waals surface area (Å²) in [6.45, 7) is -0.124. The van der Waals surface area contributed by atoms with Crippen molar-refractivity contribution >= 4 is 17.8 Å². The van der Waals surface area contributed by atoms with Crippen molar-refractivity contribution in [1.82, 2.24) is 9.88 Å². The minimum Gasteiger partial charge on any atom is -0.480 e. The Labute approximate surface area is 115 Å². The maximum absolute atomic E-state index is 12.1. The zero-order valence-corrected chi connectivity index (χ0v) is 10.9. The molecule has 0 radical (unpaired) electrons. The lowest BCUT2D eigenvalue weighted by Crippen LogP contribution is -2.38. The Kier molecular flexibility index (Phi) is 5.60. The molecule has 0 unspecified atom stereocenters. The molecular weight excluding hydrogens is 266 g/mol.